The highest BCUT2D eigenvalue weighted by atomic mass is 32.2. The second kappa shape index (κ2) is 7.14. The van der Waals surface area contributed by atoms with Crippen LogP contribution in [0.1, 0.15) is 0 Å². The second-order valence-corrected chi connectivity index (χ2v) is 7.34. The topological polar surface area (TPSA) is 37.4 Å². The fraction of sp³-hybridized carbons (Fsp3) is 0.125. The van der Waals surface area contributed by atoms with Crippen molar-refractivity contribution in [1.82, 2.24) is 0 Å². The van der Waals surface area contributed by atoms with E-state index in [0.717, 1.165) is 21.3 Å². The van der Waals surface area contributed by atoms with E-state index >= 15 is 0 Å². The number of hydrogen-bond acceptors (Lipinski definition) is 3. The molecule has 3 nitrogen and oxygen atoms in total. The van der Waals surface area contributed by atoms with Crippen molar-refractivity contribution >= 4 is 27.5 Å². The lowest BCUT2D eigenvalue weighted by atomic mass is 10.3. The highest BCUT2D eigenvalue weighted by molar-refractivity contribution is 7.98. The van der Waals surface area contributed by atoms with Gasteiger partial charge in [-0.25, -0.2) is 17.2 Å². The summed E-state index contributed by atoms with van der Waals surface area (Å²) in [5.74, 6) is -1.72. The molecule has 0 saturated carbocycles. The maximum atomic E-state index is 14.0. The standard InChI is InChI=1S/C16H15F2NO2S2/c1-3-10-19(16-9-4-12(17)11-15(16)18)23(20,21)14-7-5-13(22-2)6-8-14/h3-9,11H,1,10H2,2H3. The quantitative estimate of drug-likeness (QED) is 0.579. The van der Waals surface area contributed by atoms with E-state index in [0.29, 0.717) is 6.07 Å². The maximum Gasteiger partial charge on any atom is 0.264 e. The monoisotopic (exact) mass is 355 g/mol. The van der Waals surface area contributed by atoms with Gasteiger partial charge >= 0.3 is 0 Å². The molecule has 0 aliphatic heterocycles. The van der Waals surface area contributed by atoms with E-state index in [1.165, 1.54) is 30.0 Å². The lowest BCUT2D eigenvalue weighted by molar-refractivity contribution is 0.575. The summed E-state index contributed by atoms with van der Waals surface area (Å²) in [4.78, 5) is 0.938. The number of halogens is 2. The van der Waals surface area contributed by atoms with Crippen molar-refractivity contribution in [3.63, 3.8) is 0 Å². The first-order chi connectivity index (χ1) is 10.9. The van der Waals surface area contributed by atoms with E-state index in [4.69, 9.17) is 0 Å². The molecule has 0 aromatic heterocycles. The predicted molar refractivity (Wildman–Crippen MR) is 89.3 cm³/mol. The summed E-state index contributed by atoms with van der Waals surface area (Å²) in [7, 11) is -3.99. The molecule has 0 spiro atoms. The molecule has 0 radical (unpaired) electrons. The maximum absolute atomic E-state index is 14.0. The third kappa shape index (κ3) is 3.73. The van der Waals surface area contributed by atoms with Crippen molar-refractivity contribution in [2.24, 2.45) is 0 Å². The van der Waals surface area contributed by atoms with Crippen molar-refractivity contribution in [1.29, 1.82) is 0 Å². The average Bonchev–Trinajstić information content (AvgIpc) is 2.53. The van der Waals surface area contributed by atoms with E-state index < -0.39 is 21.7 Å². The molecule has 122 valence electrons. The van der Waals surface area contributed by atoms with Crippen molar-refractivity contribution in [2.45, 2.75) is 9.79 Å². The molecule has 2 aromatic carbocycles. The van der Waals surface area contributed by atoms with Gasteiger partial charge in [0.1, 0.15) is 11.6 Å². The van der Waals surface area contributed by atoms with Crippen LogP contribution in [0.3, 0.4) is 0 Å². The van der Waals surface area contributed by atoms with Crippen molar-refractivity contribution in [2.75, 3.05) is 17.1 Å². The van der Waals surface area contributed by atoms with Crippen LogP contribution in [-0.4, -0.2) is 21.2 Å². The fourth-order valence-electron chi connectivity index (χ4n) is 2.00. The Labute approximate surface area is 138 Å². The van der Waals surface area contributed by atoms with E-state index in [1.807, 2.05) is 6.26 Å². The largest absolute Gasteiger partial charge is 0.264 e. The summed E-state index contributed by atoms with van der Waals surface area (Å²) in [5, 5.41) is 0. The van der Waals surface area contributed by atoms with Gasteiger partial charge in [-0.2, -0.15) is 0 Å². The Morgan fingerprint density at radius 2 is 1.83 bits per heavy atom. The van der Waals surface area contributed by atoms with Crippen LogP contribution in [0.5, 0.6) is 0 Å². The molecule has 0 fully saturated rings. The van der Waals surface area contributed by atoms with Crippen molar-refractivity contribution < 1.29 is 17.2 Å². The Morgan fingerprint density at radius 3 is 2.35 bits per heavy atom. The van der Waals surface area contributed by atoms with Crippen LogP contribution < -0.4 is 4.31 Å². The summed E-state index contributed by atoms with van der Waals surface area (Å²) in [6.45, 7) is 3.37. The molecule has 0 unspecified atom stereocenters. The summed E-state index contributed by atoms with van der Waals surface area (Å²) in [5.41, 5.74) is -0.222. The van der Waals surface area contributed by atoms with Crippen LogP contribution in [-0.2, 0) is 10.0 Å². The van der Waals surface area contributed by atoms with Crippen LogP contribution in [0.2, 0.25) is 0 Å². The van der Waals surface area contributed by atoms with Crippen LogP contribution in [0.4, 0.5) is 14.5 Å². The lowest BCUT2D eigenvalue weighted by Gasteiger charge is -2.23. The van der Waals surface area contributed by atoms with Crippen LogP contribution >= 0.6 is 11.8 Å². The molecule has 0 amide bonds. The van der Waals surface area contributed by atoms with Gasteiger partial charge in [-0.1, -0.05) is 6.08 Å². The molecule has 0 aliphatic rings. The van der Waals surface area contributed by atoms with Gasteiger partial charge in [-0.05, 0) is 42.7 Å². The van der Waals surface area contributed by atoms with Gasteiger partial charge in [-0.3, -0.25) is 4.31 Å². The number of hydrogen-bond donors (Lipinski definition) is 0. The summed E-state index contributed by atoms with van der Waals surface area (Å²) < 4.78 is 53.5. The third-order valence-electron chi connectivity index (χ3n) is 3.12. The number of anilines is 1. The molecule has 0 aliphatic carbocycles. The summed E-state index contributed by atoms with van der Waals surface area (Å²) >= 11 is 1.48. The first-order valence-electron chi connectivity index (χ1n) is 6.63. The van der Waals surface area contributed by atoms with Gasteiger partial charge in [0, 0.05) is 11.0 Å². The Bertz CT molecular complexity index is 805. The SMILES string of the molecule is C=CCN(c1ccc(F)cc1F)S(=O)(=O)c1ccc(SC)cc1. The Kier molecular flexibility index (Phi) is 5.43. The number of rotatable bonds is 6. The molecular formula is C16H15F2NO2S2. The normalized spacial score (nSPS) is 11.3. The Hall–Kier alpha value is -1.86. The Balaban J connectivity index is 2.51. The van der Waals surface area contributed by atoms with Crippen LogP contribution in [0.25, 0.3) is 0 Å². The molecule has 7 heteroatoms. The van der Waals surface area contributed by atoms with E-state index in [-0.39, 0.29) is 17.1 Å². The number of nitrogens with zero attached hydrogens (tertiary/aromatic N) is 1. The molecule has 23 heavy (non-hydrogen) atoms. The van der Waals surface area contributed by atoms with Gasteiger partial charge in [-0.15, -0.1) is 18.3 Å². The highest BCUT2D eigenvalue weighted by Crippen LogP contribution is 2.27. The first kappa shape index (κ1) is 17.5. The fourth-order valence-corrected chi connectivity index (χ4v) is 3.85. The lowest BCUT2D eigenvalue weighted by Crippen LogP contribution is -2.32. The highest BCUT2D eigenvalue weighted by Gasteiger charge is 2.26. The van der Waals surface area contributed by atoms with Gasteiger partial charge in [0.25, 0.3) is 10.0 Å². The Morgan fingerprint density at radius 1 is 1.17 bits per heavy atom. The van der Waals surface area contributed by atoms with Crippen molar-refractivity contribution in [3.8, 4) is 0 Å². The molecule has 0 heterocycles. The number of thioether (sulfide) groups is 1. The molecule has 0 saturated heterocycles. The zero-order valence-electron chi connectivity index (χ0n) is 12.4. The minimum atomic E-state index is -3.99. The number of benzene rings is 2. The van der Waals surface area contributed by atoms with E-state index in [2.05, 4.69) is 6.58 Å². The molecule has 2 rings (SSSR count). The molecule has 0 N–H and O–H groups in total. The molecule has 0 bridgehead atoms. The van der Waals surface area contributed by atoms with E-state index in [9.17, 15) is 17.2 Å². The van der Waals surface area contributed by atoms with Gasteiger partial charge in [0.15, 0.2) is 0 Å². The average molecular weight is 355 g/mol. The van der Waals surface area contributed by atoms with Crippen molar-refractivity contribution in [3.05, 3.63) is 66.8 Å². The van der Waals surface area contributed by atoms with E-state index in [1.54, 1.807) is 12.1 Å². The minimum Gasteiger partial charge on any atom is -0.260 e. The first-order valence-corrected chi connectivity index (χ1v) is 9.29. The molecule has 0 atom stereocenters. The van der Waals surface area contributed by atoms with Crippen LogP contribution in [0, 0.1) is 11.6 Å². The second-order valence-electron chi connectivity index (χ2n) is 4.60. The smallest absolute Gasteiger partial charge is 0.260 e. The predicted octanol–water partition coefficient (Wildman–Crippen LogP) is 4.07. The van der Waals surface area contributed by atoms with Gasteiger partial charge in [0.2, 0.25) is 0 Å². The van der Waals surface area contributed by atoms with Gasteiger partial charge in [0.05, 0.1) is 17.1 Å². The van der Waals surface area contributed by atoms with Crippen LogP contribution in [0.15, 0.2) is 64.9 Å². The number of sulfonamides is 1. The molecule has 2 aromatic rings. The summed E-state index contributed by atoms with van der Waals surface area (Å²) in [6.07, 6.45) is 3.22. The zero-order valence-corrected chi connectivity index (χ0v) is 14.0. The zero-order chi connectivity index (χ0) is 17.0. The minimum absolute atomic E-state index is 0.0286. The van der Waals surface area contributed by atoms with Gasteiger partial charge < -0.3 is 0 Å². The third-order valence-corrected chi connectivity index (χ3v) is 5.66. The molecular weight excluding hydrogens is 340 g/mol. The summed E-state index contributed by atoms with van der Waals surface area (Å²) in [6, 6.07) is 9.02.